The second-order valence-electron chi connectivity index (χ2n) is 12.8. The first-order chi connectivity index (χ1) is 22.7. The van der Waals surface area contributed by atoms with E-state index in [1.807, 2.05) is 39.5 Å². The second kappa shape index (κ2) is 11.9. The molecule has 6 rings (SSSR count). The molecule has 1 fully saturated rings. The van der Waals surface area contributed by atoms with Crippen LogP contribution in [0.25, 0.3) is 28.0 Å². The van der Waals surface area contributed by atoms with Gasteiger partial charge in [0.05, 0.1) is 45.6 Å². The van der Waals surface area contributed by atoms with Gasteiger partial charge < -0.3 is 25.5 Å². The predicted molar refractivity (Wildman–Crippen MR) is 184 cm³/mol. The second-order valence-corrected chi connectivity index (χ2v) is 13.2. The van der Waals surface area contributed by atoms with E-state index in [-0.39, 0.29) is 82.1 Å². The number of nitrogen functional groups attached to an aromatic ring is 1. The molecule has 2 aliphatic heterocycles. The first-order valence-electron chi connectivity index (χ1n) is 15.6. The number of carbonyl (C=O) groups is 2. The normalized spacial score (nSPS) is 17.7. The number of phenolic OH excluding ortho intramolecular Hbond substituents is 1. The Labute approximate surface area is 281 Å². The van der Waals surface area contributed by atoms with E-state index in [0.29, 0.717) is 28.1 Å². The molecule has 0 bridgehead atoms. The van der Waals surface area contributed by atoms with Gasteiger partial charge in [-0.2, -0.15) is 0 Å². The quantitative estimate of drug-likeness (QED) is 0.286. The van der Waals surface area contributed by atoms with E-state index in [0.717, 1.165) is 0 Å². The minimum absolute atomic E-state index is 0.00152. The Balaban J connectivity index is 1.79. The standard InChI is InChI=1S/C34H36ClFN8O4/c1-8-23(46)42-14-21-32(47)41(7)30-28(43(21)13-17(42)6)18-12-19(35)27(24-20(36)10-9-11-22(24)45)38-31(18)44(33(30)48)29-25(15(2)3)39-34(37)40-26(29)16(4)5/h8-12,15-17,21,45H,1,13-14H2,2-7H3,(H2,37,39,40)/t17-,21-/m1/s1. The number of phenols is 1. The van der Waals surface area contributed by atoms with Crippen molar-refractivity contribution in [3.8, 4) is 22.7 Å². The Bertz CT molecular complexity index is 2050. The number of fused-ring (bicyclic) bond motifs is 5. The Morgan fingerprint density at radius 1 is 1.08 bits per heavy atom. The first-order valence-corrected chi connectivity index (χ1v) is 16.0. The third-order valence-corrected chi connectivity index (χ3v) is 9.28. The van der Waals surface area contributed by atoms with Crippen LogP contribution in [0.2, 0.25) is 5.02 Å². The van der Waals surface area contributed by atoms with Gasteiger partial charge in [0.15, 0.2) is 5.65 Å². The number of nitrogens with zero attached hydrogens (tertiary/aromatic N) is 7. The molecular formula is C34H36ClFN8O4. The maximum Gasteiger partial charge on any atom is 0.283 e. The van der Waals surface area contributed by atoms with Gasteiger partial charge in [-0.25, -0.2) is 19.3 Å². The number of hydrogen-bond acceptors (Lipinski definition) is 9. The van der Waals surface area contributed by atoms with E-state index in [1.165, 1.54) is 40.8 Å². The summed E-state index contributed by atoms with van der Waals surface area (Å²) < 4.78 is 16.7. The van der Waals surface area contributed by atoms with Crippen molar-refractivity contribution in [3.63, 3.8) is 0 Å². The van der Waals surface area contributed by atoms with Gasteiger partial charge >= 0.3 is 0 Å². The molecule has 4 aromatic rings. The molecule has 2 amide bonds. The Kier molecular flexibility index (Phi) is 8.14. The van der Waals surface area contributed by atoms with Crippen molar-refractivity contribution in [3.05, 3.63) is 69.5 Å². The molecule has 0 saturated carbocycles. The first kappa shape index (κ1) is 32.9. The van der Waals surface area contributed by atoms with Gasteiger partial charge in [0, 0.05) is 25.0 Å². The van der Waals surface area contributed by atoms with Crippen LogP contribution in [-0.2, 0) is 9.59 Å². The van der Waals surface area contributed by atoms with E-state index in [1.54, 1.807) is 11.0 Å². The summed E-state index contributed by atoms with van der Waals surface area (Å²) in [7, 11) is 1.51. The van der Waals surface area contributed by atoms with E-state index in [9.17, 15) is 14.7 Å². The number of likely N-dealkylation sites (N-methyl/N-ethyl adjacent to an activating group) is 1. The van der Waals surface area contributed by atoms with Crippen LogP contribution in [0, 0.1) is 5.82 Å². The largest absolute Gasteiger partial charge is 0.507 e. The molecule has 3 aromatic heterocycles. The van der Waals surface area contributed by atoms with Gasteiger partial charge in [-0.3, -0.25) is 19.0 Å². The van der Waals surface area contributed by atoms with Crippen LogP contribution in [-0.4, -0.2) is 73.6 Å². The van der Waals surface area contributed by atoms with Gasteiger partial charge in [0.2, 0.25) is 11.9 Å². The maximum absolute atomic E-state index is 15.3. The number of benzene rings is 1. The number of hydrogen-bond donors (Lipinski definition) is 2. The lowest BCUT2D eigenvalue weighted by Crippen LogP contribution is -2.66. The molecule has 2 aliphatic rings. The molecule has 1 aromatic carbocycles. The maximum atomic E-state index is 15.3. The van der Waals surface area contributed by atoms with E-state index >= 15 is 9.18 Å². The van der Waals surface area contributed by atoms with Crippen molar-refractivity contribution >= 4 is 51.8 Å². The third kappa shape index (κ3) is 4.95. The fraction of sp³-hybridized carbons (Fsp3) is 0.353. The van der Waals surface area contributed by atoms with Crippen molar-refractivity contribution in [1.82, 2.24) is 24.4 Å². The Morgan fingerprint density at radius 2 is 1.73 bits per heavy atom. The van der Waals surface area contributed by atoms with Crippen LogP contribution in [0.5, 0.6) is 5.75 Å². The zero-order valence-corrected chi connectivity index (χ0v) is 28.2. The van der Waals surface area contributed by atoms with E-state index in [2.05, 4.69) is 16.5 Å². The summed E-state index contributed by atoms with van der Waals surface area (Å²) in [4.78, 5) is 60.4. The number of halogens is 2. The van der Waals surface area contributed by atoms with Crippen LogP contribution in [0.3, 0.4) is 0 Å². The smallest absolute Gasteiger partial charge is 0.283 e. The summed E-state index contributed by atoms with van der Waals surface area (Å²) >= 11 is 6.87. The molecule has 1 saturated heterocycles. The molecule has 0 spiro atoms. The molecule has 2 atom stereocenters. The molecule has 0 radical (unpaired) electrons. The molecule has 0 aliphatic carbocycles. The summed E-state index contributed by atoms with van der Waals surface area (Å²) in [5.74, 6) is -2.28. The summed E-state index contributed by atoms with van der Waals surface area (Å²) in [5.41, 5.74) is 7.05. The highest BCUT2D eigenvalue weighted by molar-refractivity contribution is 6.34. The van der Waals surface area contributed by atoms with Gasteiger partial charge in [-0.15, -0.1) is 0 Å². The van der Waals surface area contributed by atoms with E-state index in [4.69, 9.17) is 22.3 Å². The van der Waals surface area contributed by atoms with Crippen LogP contribution in [0.15, 0.2) is 41.7 Å². The van der Waals surface area contributed by atoms with Crippen LogP contribution < -0.4 is 21.1 Å². The van der Waals surface area contributed by atoms with Gasteiger partial charge in [0.1, 0.15) is 23.3 Å². The number of piperazine rings is 1. The number of aromatic nitrogens is 4. The molecule has 0 unspecified atom stereocenters. The lowest BCUT2D eigenvalue weighted by Gasteiger charge is -2.49. The summed E-state index contributed by atoms with van der Waals surface area (Å²) in [6, 6.07) is 4.24. The number of aromatic hydroxyl groups is 1. The van der Waals surface area contributed by atoms with Gasteiger partial charge in [-0.1, -0.05) is 51.9 Å². The van der Waals surface area contributed by atoms with Gasteiger partial charge in [0.25, 0.3) is 11.5 Å². The average Bonchev–Trinajstić information content (AvgIpc) is 3.03. The van der Waals surface area contributed by atoms with Crippen molar-refractivity contribution in [2.24, 2.45) is 0 Å². The molecular weight excluding hydrogens is 639 g/mol. The number of rotatable bonds is 5. The molecule has 12 nitrogen and oxygen atoms in total. The fourth-order valence-corrected chi connectivity index (χ4v) is 6.96. The van der Waals surface area contributed by atoms with Crippen LogP contribution in [0.4, 0.5) is 21.7 Å². The topological polar surface area (TPSA) is 151 Å². The summed E-state index contributed by atoms with van der Waals surface area (Å²) in [6.45, 7) is 13.3. The lowest BCUT2D eigenvalue weighted by atomic mass is 9.97. The number of amides is 2. The SMILES string of the molecule is C=CC(=O)N1C[C@@H]2C(=O)N(C)c3c(c4cc(Cl)c(-c5c(O)cccc5F)nc4n(-c4c(C(C)C)nc(N)nc4C(C)C)c3=O)N2C[C@H]1C. The molecule has 3 N–H and O–H groups in total. The molecule has 48 heavy (non-hydrogen) atoms. The minimum atomic E-state index is -0.826. The number of nitrogens with two attached hydrogens (primary N) is 1. The monoisotopic (exact) mass is 674 g/mol. The lowest BCUT2D eigenvalue weighted by molar-refractivity contribution is -0.130. The number of pyridine rings is 2. The van der Waals surface area contributed by atoms with Crippen LogP contribution >= 0.6 is 11.6 Å². The van der Waals surface area contributed by atoms with Crippen molar-refractivity contribution in [2.75, 3.05) is 35.7 Å². The van der Waals surface area contributed by atoms with Gasteiger partial charge in [-0.05, 0) is 43.0 Å². The average molecular weight is 675 g/mol. The highest BCUT2D eigenvalue weighted by Crippen LogP contribution is 2.45. The van der Waals surface area contributed by atoms with Crippen molar-refractivity contribution < 1.29 is 19.1 Å². The highest BCUT2D eigenvalue weighted by Gasteiger charge is 2.46. The van der Waals surface area contributed by atoms with Crippen molar-refractivity contribution in [1.29, 1.82) is 0 Å². The molecule has 14 heteroatoms. The Morgan fingerprint density at radius 3 is 2.31 bits per heavy atom. The predicted octanol–water partition coefficient (Wildman–Crippen LogP) is 4.74. The summed E-state index contributed by atoms with van der Waals surface area (Å²) in [5, 5.41) is 11.1. The molecule has 250 valence electrons. The Hall–Kier alpha value is -5.04. The zero-order valence-electron chi connectivity index (χ0n) is 27.5. The third-order valence-electron chi connectivity index (χ3n) is 8.99. The molecule has 5 heterocycles. The zero-order chi connectivity index (χ0) is 34.9. The van der Waals surface area contributed by atoms with Crippen LogP contribution in [0.1, 0.15) is 57.8 Å². The number of carbonyl (C=O) groups excluding carboxylic acids is 2. The van der Waals surface area contributed by atoms with E-state index < -0.39 is 17.4 Å². The highest BCUT2D eigenvalue weighted by atomic mass is 35.5. The van der Waals surface area contributed by atoms with Crippen molar-refractivity contribution in [2.45, 2.75) is 58.5 Å². The number of anilines is 3. The minimum Gasteiger partial charge on any atom is -0.507 e. The summed E-state index contributed by atoms with van der Waals surface area (Å²) in [6.07, 6.45) is 1.21. The fourth-order valence-electron chi connectivity index (χ4n) is 6.71.